The summed E-state index contributed by atoms with van der Waals surface area (Å²) in [5, 5.41) is 17.7. The van der Waals surface area contributed by atoms with E-state index in [2.05, 4.69) is 15.2 Å². The number of rotatable bonds is 3. The molecule has 106 valence electrons. The van der Waals surface area contributed by atoms with E-state index in [-0.39, 0.29) is 0 Å². The summed E-state index contributed by atoms with van der Waals surface area (Å²) in [5.74, 6) is 0.777. The third kappa shape index (κ3) is 1.73. The molecular formula is C13H17N5O2. The predicted octanol–water partition coefficient (Wildman–Crippen LogP) is 1.12. The lowest BCUT2D eigenvalue weighted by atomic mass is 9.84. The first kappa shape index (κ1) is 12.8. The van der Waals surface area contributed by atoms with Gasteiger partial charge in [-0.3, -0.25) is 9.20 Å². The van der Waals surface area contributed by atoms with E-state index in [0.717, 1.165) is 5.82 Å². The Kier molecular flexibility index (Phi) is 2.84. The van der Waals surface area contributed by atoms with E-state index in [1.807, 2.05) is 29.3 Å². The zero-order valence-electron chi connectivity index (χ0n) is 11.6. The zero-order valence-corrected chi connectivity index (χ0v) is 11.6. The number of fused-ring (bicyclic) bond motifs is 1. The van der Waals surface area contributed by atoms with Gasteiger partial charge in [-0.15, -0.1) is 10.2 Å². The molecule has 0 aromatic carbocycles. The van der Waals surface area contributed by atoms with Crippen LogP contribution in [0.2, 0.25) is 0 Å². The summed E-state index contributed by atoms with van der Waals surface area (Å²) in [5.41, 5.74) is 0.00567. The number of carboxylic acid groups (broad SMARTS) is 1. The van der Waals surface area contributed by atoms with Crippen LogP contribution < -0.4 is 4.90 Å². The molecule has 0 amide bonds. The van der Waals surface area contributed by atoms with Gasteiger partial charge in [0.15, 0.2) is 5.82 Å². The maximum atomic E-state index is 11.5. The smallest absolute Gasteiger partial charge is 0.311 e. The van der Waals surface area contributed by atoms with Crippen molar-refractivity contribution in [2.45, 2.75) is 26.7 Å². The molecule has 20 heavy (non-hydrogen) atoms. The van der Waals surface area contributed by atoms with Crippen LogP contribution in [0, 0.1) is 12.3 Å². The lowest BCUT2D eigenvalue weighted by molar-refractivity contribution is -0.147. The molecule has 1 fully saturated rings. The Labute approximate surface area is 116 Å². The first-order chi connectivity index (χ1) is 9.57. The fraction of sp³-hybridized carbons (Fsp3) is 0.538. The van der Waals surface area contributed by atoms with Crippen molar-refractivity contribution in [2.24, 2.45) is 5.41 Å². The number of aliphatic carboxylic acids is 1. The van der Waals surface area contributed by atoms with Gasteiger partial charge in [0.1, 0.15) is 5.82 Å². The predicted molar refractivity (Wildman–Crippen MR) is 72.7 cm³/mol. The molecule has 1 aliphatic heterocycles. The van der Waals surface area contributed by atoms with Crippen molar-refractivity contribution in [2.75, 3.05) is 18.0 Å². The molecule has 1 N–H and O–H groups in total. The molecule has 1 saturated heterocycles. The number of nitrogens with zero attached hydrogens (tertiary/aromatic N) is 5. The standard InChI is InChI=1S/C13H17N5O2/c1-3-13(12(19)20)4-6-17(8-13)10-11-16-15-9(2)18(11)7-5-14-10/h5,7H,3-4,6,8H2,1-2H3,(H,19,20). The highest BCUT2D eigenvalue weighted by Crippen LogP contribution is 2.36. The second-order valence-electron chi connectivity index (χ2n) is 5.30. The largest absolute Gasteiger partial charge is 0.481 e. The summed E-state index contributed by atoms with van der Waals surface area (Å²) in [7, 11) is 0. The minimum atomic E-state index is -0.730. The quantitative estimate of drug-likeness (QED) is 0.903. The molecule has 0 radical (unpaired) electrons. The van der Waals surface area contributed by atoms with Crippen molar-refractivity contribution in [1.29, 1.82) is 0 Å². The van der Waals surface area contributed by atoms with Gasteiger partial charge in [-0.05, 0) is 19.8 Å². The minimum Gasteiger partial charge on any atom is -0.481 e. The summed E-state index contributed by atoms with van der Waals surface area (Å²) < 4.78 is 1.87. The van der Waals surface area contributed by atoms with Crippen molar-refractivity contribution in [3.8, 4) is 0 Å². The molecule has 1 atom stereocenters. The Morgan fingerprint density at radius 2 is 2.30 bits per heavy atom. The van der Waals surface area contributed by atoms with E-state index in [1.165, 1.54) is 0 Å². The SMILES string of the molecule is CCC1(C(=O)O)CCN(c2nccn3c(C)nnc23)C1. The van der Waals surface area contributed by atoms with Crippen LogP contribution in [0.15, 0.2) is 12.4 Å². The molecule has 0 bridgehead atoms. The summed E-state index contributed by atoms with van der Waals surface area (Å²) in [6, 6.07) is 0. The number of carboxylic acids is 1. The first-order valence-corrected chi connectivity index (χ1v) is 6.72. The monoisotopic (exact) mass is 275 g/mol. The molecule has 0 aliphatic carbocycles. The van der Waals surface area contributed by atoms with E-state index < -0.39 is 11.4 Å². The molecule has 0 saturated carbocycles. The highest BCUT2D eigenvalue weighted by molar-refractivity contribution is 5.77. The molecule has 1 unspecified atom stereocenters. The number of aromatic nitrogens is 4. The molecule has 1 aliphatic rings. The first-order valence-electron chi connectivity index (χ1n) is 6.72. The van der Waals surface area contributed by atoms with Gasteiger partial charge in [-0.1, -0.05) is 6.92 Å². The lowest BCUT2D eigenvalue weighted by Gasteiger charge is -2.23. The van der Waals surface area contributed by atoms with E-state index in [1.54, 1.807) is 6.20 Å². The van der Waals surface area contributed by atoms with Crippen molar-refractivity contribution >= 4 is 17.4 Å². The second kappa shape index (κ2) is 4.43. The molecule has 7 heteroatoms. The van der Waals surface area contributed by atoms with E-state index in [9.17, 15) is 9.90 Å². The maximum Gasteiger partial charge on any atom is 0.311 e. The fourth-order valence-electron chi connectivity index (χ4n) is 2.82. The zero-order chi connectivity index (χ0) is 14.3. The summed E-state index contributed by atoms with van der Waals surface area (Å²) in [6.45, 7) is 4.95. The molecule has 2 aromatic rings. The van der Waals surface area contributed by atoms with Crippen molar-refractivity contribution in [3.63, 3.8) is 0 Å². The van der Waals surface area contributed by atoms with Crippen molar-refractivity contribution in [1.82, 2.24) is 19.6 Å². The van der Waals surface area contributed by atoms with Crippen LogP contribution in [-0.2, 0) is 4.79 Å². The van der Waals surface area contributed by atoms with E-state index >= 15 is 0 Å². The Hall–Kier alpha value is -2.18. The lowest BCUT2D eigenvalue weighted by Crippen LogP contribution is -2.34. The average molecular weight is 275 g/mol. The van der Waals surface area contributed by atoms with Gasteiger partial charge in [0.05, 0.1) is 5.41 Å². The van der Waals surface area contributed by atoms with Crippen LogP contribution in [-0.4, -0.2) is 43.7 Å². The minimum absolute atomic E-state index is 0.470. The van der Waals surface area contributed by atoms with Gasteiger partial charge in [0.2, 0.25) is 5.65 Å². The van der Waals surface area contributed by atoms with Gasteiger partial charge < -0.3 is 10.0 Å². The molecule has 2 aromatic heterocycles. The number of aryl methyl sites for hydroxylation is 1. The van der Waals surface area contributed by atoms with Crippen LogP contribution in [0.5, 0.6) is 0 Å². The fourth-order valence-corrected chi connectivity index (χ4v) is 2.82. The molecule has 3 rings (SSSR count). The van der Waals surface area contributed by atoms with E-state index in [0.29, 0.717) is 37.4 Å². The number of hydrogen-bond donors (Lipinski definition) is 1. The average Bonchev–Trinajstić information content (AvgIpc) is 3.04. The summed E-state index contributed by atoms with van der Waals surface area (Å²) in [6.07, 6.45) is 4.77. The topological polar surface area (TPSA) is 83.6 Å². The third-order valence-corrected chi connectivity index (χ3v) is 4.26. The Balaban J connectivity index is 1.99. The Morgan fingerprint density at radius 1 is 1.50 bits per heavy atom. The highest BCUT2D eigenvalue weighted by Gasteiger charge is 2.44. The third-order valence-electron chi connectivity index (χ3n) is 4.26. The van der Waals surface area contributed by atoms with Gasteiger partial charge in [-0.25, -0.2) is 4.98 Å². The van der Waals surface area contributed by atoms with Gasteiger partial charge >= 0.3 is 5.97 Å². The van der Waals surface area contributed by atoms with Crippen LogP contribution >= 0.6 is 0 Å². The molecule has 7 nitrogen and oxygen atoms in total. The Bertz CT molecular complexity index is 668. The van der Waals surface area contributed by atoms with E-state index in [4.69, 9.17) is 0 Å². The second-order valence-corrected chi connectivity index (χ2v) is 5.30. The number of hydrogen-bond acceptors (Lipinski definition) is 5. The van der Waals surface area contributed by atoms with Gasteiger partial charge in [0, 0.05) is 25.5 Å². The summed E-state index contributed by atoms with van der Waals surface area (Å²) >= 11 is 0. The Morgan fingerprint density at radius 3 is 2.95 bits per heavy atom. The van der Waals surface area contributed by atoms with Crippen LogP contribution in [0.3, 0.4) is 0 Å². The molecule has 3 heterocycles. The van der Waals surface area contributed by atoms with Crippen LogP contribution in [0.25, 0.3) is 5.65 Å². The van der Waals surface area contributed by atoms with Crippen LogP contribution in [0.1, 0.15) is 25.6 Å². The maximum absolute atomic E-state index is 11.5. The summed E-state index contributed by atoms with van der Waals surface area (Å²) in [4.78, 5) is 17.9. The van der Waals surface area contributed by atoms with Gasteiger partial charge in [-0.2, -0.15) is 0 Å². The van der Waals surface area contributed by atoms with Crippen molar-refractivity contribution in [3.05, 3.63) is 18.2 Å². The molecular weight excluding hydrogens is 258 g/mol. The molecule has 0 spiro atoms. The normalized spacial score (nSPS) is 22.6. The number of anilines is 1. The van der Waals surface area contributed by atoms with Crippen LogP contribution in [0.4, 0.5) is 5.82 Å². The van der Waals surface area contributed by atoms with Gasteiger partial charge in [0.25, 0.3) is 0 Å². The van der Waals surface area contributed by atoms with Crippen molar-refractivity contribution < 1.29 is 9.90 Å². The highest BCUT2D eigenvalue weighted by atomic mass is 16.4. The number of carbonyl (C=O) groups is 1.